The Kier molecular flexibility index (Phi) is 8.00. The number of nitrogens with zero attached hydrogens (tertiary/aromatic N) is 1. The molecule has 1 aliphatic rings. The van der Waals surface area contributed by atoms with Crippen molar-refractivity contribution in [3.05, 3.63) is 29.8 Å². The van der Waals surface area contributed by atoms with E-state index in [2.05, 4.69) is 10.6 Å². The summed E-state index contributed by atoms with van der Waals surface area (Å²) in [5.74, 6) is -0.926. The second-order valence-electron chi connectivity index (χ2n) is 10.6. The summed E-state index contributed by atoms with van der Waals surface area (Å²) in [4.78, 5) is 40.7. The Morgan fingerprint density at radius 2 is 1.79 bits per heavy atom. The van der Waals surface area contributed by atoms with Gasteiger partial charge in [0.2, 0.25) is 11.8 Å². The standard InChI is InChI=1S/C24H37N3O6/c1-14-11-18(14)27(21(31)17(13-28)25-22(32)33-24(5,6)7)19(20(30)26-23(2,3)4)15-9-8-10-16(29)12-15/h8-10,12,14,17-19,28-29H,11,13H2,1-7H3,(H,25,32)(H,26,30). The molecule has 1 fully saturated rings. The van der Waals surface area contributed by atoms with Gasteiger partial charge in [0.15, 0.2) is 0 Å². The summed E-state index contributed by atoms with van der Waals surface area (Å²) in [5, 5.41) is 25.3. The molecule has 0 spiro atoms. The van der Waals surface area contributed by atoms with Crippen LogP contribution >= 0.6 is 0 Å². The number of aliphatic hydroxyl groups is 1. The lowest BCUT2D eigenvalue weighted by Gasteiger charge is -2.36. The van der Waals surface area contributed by atoms with E-state index in [1.54, 1.807) is 32.9 Å². The molecule has 0 aromatic heterocycles. The van der Waals surface area contributed by atoms with Crippen LogP contribution in [-0.4, -0.2) is 62.9 Å². The smallest absolute Gasteiger partial charge is 0.408 e. The SMILES string of the molecule is CC1CC1N(C(=O)C(CO)NC(=O)OC(C)(C)C)C(C(=O)NC(C)(C)C)c1cccc(O)c1. The normalized spacial score (nSPS) is 19.8. The lowest BCUT2D eigenvalue weighted by molar-refractivity contribution is -0.144. The molecule has 1 aromatic rings. The number of phenols is 1. The predicted molar refractivity (Wildman–Crippen MR) is 123 cm³/mol. The third-order valence-corrected chi connectivity index (χ3v) is 5.06. The number of alkyl carbamates (subject to hydrolysis) is 1. The summed E-state index contributed by atoms with van der Waals surface area (Å²) in [6.45, 7) is 11.9. The Morgan fingerprint density at radius 3 is 2.24 bits per heavy atom. The van der Waals surface area contributed by atoms with Gasteiger partial charge in [-0.1, -0.05) is 19.1 Å². The fourth-order valence-electron chi connectivity index (χ4n) is 3.56. The molecule has 0 bridgehead atoms. The van der Waals surface area contributed by atoms with Crippen LogP contribution in [0.5, 0.6) is 5.75 Å². The van der Waals surface area contributed by atoms with Gasteiger partial charge in [-0.05, 0) is 71.6 Å². The molecule has 4 unspecified atom stereocenters. The number of amides is 3. The maximum atomic E-state index is 13.6. The van der Waals surface area contributed by atoms with Crippen LogP contribution in [0.25, 0.3) is 0 Å². The van der Waals surface area contributed by atoms with Crippen molar-refractivity contribution in [2.75, 3.05) is 6.61 Å². The summed E-state index contributed by atoms with van der Waals surface area (Å²) in [6, 6.07) is 3.57. The van der Waals surface area contributed by atoms with Crippen LogP contribution in [0.1, 0.15) is 66.5 Å². The average molecular weight is 464 g/mol. The van der Waals surface area contributed by atoms with E-state index in [9.17, 15) is 24.6 Å². The number of rotatable bonds is 7. The van der Waals surface area contributed by atoms with Crippen molar-refractivity contribution in [3.63, 3.8) is 0 Å². The Balaban J connectivity index is 2.44. The number of ether oxygens (including phenoxy) is 1. The van der Waals surface area contributed by atoms with Gasteiger partial charge in [0.1, 0.15) is 23.4 Å². The molecule has 0 heterocycles. The highest BCUT2D eigenvalue weighted by atomic mass is 16.6. The fraction of sp³-hybridized carbons (Fsp3) is 0.625. The molecule has 9 heteroatoms. The van der Waals surface area contributed by atoms with Crippen molar-refractivity contribution in [3.8, 4) is 5.75 Å². The fourth-order valence-corrected chi connectivity index (χ4v) is 3.56. The van der Waals surface area contributed by atoms with Crippen LogP contribution in [0.4, 0.5) is 4.79 Å². The van der Waals surface area contributed by atoms with Gasteiger partial charge in [-0.15, -0.1) is 0 Å². The van der Waals surface area contributed by atoms with E-state index in [1.165, 1.54) is 17.0 Å². The monoisotopic (exact) mass is 463 g/mol. The number of carbonyl (C=O) groups is 3. The lowest BCUT2D eigenvalue weighted by Crippen LogP contribution is -2.56. The van der Waals surface area contributed by atoms with E-state index in [1.807, 2.05) is 27.7 Å². The van der Waals surface area contributed by atoms with E-state index in [0.717, 1.165) is 0 Å². The summed E-state index contributed by atoms with van der Waals surface area (Å²) in [5.41, 5.74) is -0.923. The lowest BCUT2D eigenvalue weighted by atomic mass is 10.00. The Bertz CT molecular complexity index is 874. The molecule has 1 aromatic carbocycles. The van der Waals surface area contributed by atoms with Crippen molar-refractivity contribution in [2.45, 2.75) is 84.2 Å². The van der Waals surface area contributed by atoms with Crippen LogP contribution in [0.2, 0.25) is 0 Å². The van der Waals surface area contributed by atoms with E-state index >= 15 is 0 Å². The van der Waals surface area contributed by atoms with Crippen LogP contribution in [-0.2, 0) is 14.3 Å². The quantitative estimate of drug-likeness (QED) is 0.492. The molecule has 4 atom stereocenters. The molecular formula is C24H37N3O6. The zero-order valence-electron chi connectivity index (χ0n) is 20.5. The van der Waals surface area contributed by atoms with Crippen molar-refractivity contribution in [2.24, 2.45) is 5.92 Å². The number of hydrogen-bond acceptors (Lipinski definition) is 6. The second kappa shape index (κ2) is 9.99. The number of benzene rings is 1. The molecule has 33 heavy (non-hydrogen) atoms. The molecule has 184 valence electrons. The zero-order chi connectivity index (χ0) is 25.1. The van der Waals surface area contributed by atoms with Crippen LogP contribution < -0.4 is 10.6 Å². The summed E-state index contributed by atoms with van der Waals surface area (Å²) < 4.78 is 5.23. The number of aliphatic hydroxyl groups excluding tert-OH is 1. The minimum atomic E-state index is -1.30. The Morgan fingerprint density at radius 1 is 1.18 bits per heavy atom. The molecule has 9 nitrogen and oxygen atoms in total. The third kappa shape index (κ3) is 7.63. The van der Waals surface area contributed by atoms with Gasteiger partial charge in [-0.25, -0.2) is 4.79 Å². The van der Waals surface area contributed by atoms with Gasteiger partial charge >= 0.3 is 6.09 Å². The van der Waals surface area contributed by atoms with Crippen molar-refractivity contribution in [1.29, 1.82) is 0 Å². The predicted octanol–water partition coefficient (Wildman–Crippen LogP) is 2.47. The first-order chi connectivity index (χ1) is 15.1. The van der Waals surface area contributed by atoms with Crippen molar-refractivity contribution < 1.29 is 29.3 Å². The molecule has 3 amide bonds. The molecule has 1 saturated carbocycles. The highest BCUT2D eigenvalue weighted by Gasteiger charge is 2.48. The highest BCUT2D eigenvalue weighted by molar-refractivity contribution is 5.93. The zero-order valence-corrected chi connectivity index (χ0v) is 20.5. The largest absolute Gasteiger partial charge is 0.508 e. The molecule has 0 aliphatic heterocycles. The van der Waals surface area contributed by atoms with Gasteiger partial charge in [0, 0.05) is 11.6 Å². The third-order valence-electron chi connectivity index (χ3n) is 5.06. The Labute approximate surface area is 195 Å². The van der Waals surface area contributed by atoms with E-state index in [-0.39, 0.29) is 17.7 Å². The van der Waals surface area contributed by atoms with Gasteiger partial charge in [0.25, 0.3) is 0 Å². The van der Waals surface area contributed by atoms with E-state index in [0.29, 0.717) is 12.0 Å². The van der Waals surface area contributed by atoms with Gasteiger partial charge in [-0.2, -0.15) is 0 Å². The number of phenolic OH excluding ortho intramolecular Hbond substituents is 1. The van der Waals surface area contributed by atoms with E-state index in [4.69, 9.17) is 4.74 Å². The van der Waals surface area contributed by atoms with Crippen LogP contribution in [0.15, 0.2) is 24.3 Å². The maximum Gasteiger partial charge on any atom is 0.408 e. The first-order valence-electron chi connectivity index (χ1n) is 11.2. The van der Waals surface area contributed by atoms with Gasteiger partial charge in [0.05, 0.1) is 6.61 Å². The Hall–Kier alpha value is -2.81. The molecular weight excluding hydrogens is 426 g/mol. The van der Waals surface area contributed by atoms with Crippen molar-refractivity contribution >= 4 is 17.9 Å². The topological polar surface area (TPSA) is 128 Å². The molecule has 0 radical (unpaired) electrons. The summed E-state index contributed by atoms with van der Waals surface area (Å²) >= 11 is 0. The maximum absolute atomic E-state index is 13.6. The molecule has 2 rings (SSSR count). The van der Waals surface area contributed by atoms with E-state index < -0.39 is 47.7 Å². The summed E-state index contributed by atoms with van der Waals surface area (Å²) in [7, 11) is 0. The molecule has 4 N–H and O–H groups in total. The average Bonchev–Trinajstić information content (AvgIpc) is 3.36. The van der Waals surface area contributed by atoms with Crippen LogP contribution in [0.3, 0.4) is 0 Å². The highest BCUT2D eigenvalue weighted by Crippen LogP contribution is 2.41. The summed E-state index contributed by atoms with van der Waals surface area (Å²) in [6.07, 6.45) is -0.166. The minimum Gasteiger partial charge on any atom is -0.508 e. The van der Waals surface area contributed by atoms with Gasteiger partial charge < -0.3 is 30.5 Å². The number of nitrogens with one attached hydrogen (secondary N) is 2. The minimum absolute atomic E-state index is 0.0390. The second-order valence-corrected chi connectivity index (χ2v) is 10.6. The molecule has 0 saturated heterocycles. The number of carbonyl (C=O) groups excluding carboxylic acids is 3. The van der Waals surface area contributed by atoms with Gasteiger partial charge in [-0.3, -0.25) is 9.59 Å². The molecule has 1 aliphatic carbocycles. The number of hydrogen-bond donors (Lipinski definition) is 4. The van der Waals surface area contributed by atoms with Crippen molar-refractivity contribution in [1.82, 2.24) is 15.5 Å². The number of aromatic hydroxyl groups is 1. The first kappa shape index (κ1) is 26.4. The van der Waals surface area contributed by atoms with Crippen LogP contribution in [0, 0.1) is 5.92 Å². The first-order valence-corrected chi connectivity index (χ1v) is 11.2.